The zero-order valence-electron chi connectivity index (χ0n) is 34.7. The first kappa shape index (κ1) is 49.6. The SMILES string of the molecule is CCCCCCCCCCC(CCCCCCCC)COC(=O)CN(CC)CCN(CCOC(=O)OC(CCCCO)CCCCCC)C(C)C. The normalized spacial score (nSPS) is 12.9. The molecule has 0 rings (SSSR count). The average molecular weight is 727 g/mol. The molecule has 0 aliphatic carbocycles. The minimum Gasteiger partial charge on any atom is -0.464 e. The summed E-state index contributed by atoms with van der Waals surface area (Å²) < 4.78 is 17.1. The standard InChI is InChI=1S/C43H86N2O6/c1-7-11-14-17-19-20-22-24-29-40(28-23-21-18-15-12-8-2)38-50-42(47)37-44(10-4)32-33-45(39(5)6)34-36-49-43(48)51-41(31-26-27-35-46)30-25-16-13-9-3/h39-41,46H,7-38H2,1-6H3. The first-order valence-corrected chi connectivity index (χ1v) is 21.9. The lowest BCUT2D eigenvalue weighted by atomic mass is 9.94. The Labute approximate surface area is 316 Å². The van der Waals surface area contributed by atoms with Gasteiger partial charge in [-0.2, -0.15) is 0 Å². The highest BCUT2D eigenvalue weighted by Crippen LogP contribution is 2.20. The first-order valence-electron chi connectivity index (χ1n) is 21.9. The summed E-state index contributed by atoms with van der Waals surface area (Å²) in [6.45, 7) is 17.3. The third-order valence-corrected chi connectivity index (χ3v) is 10.3. The van der Waals surface area contributed by atoms with Crippen LogP contribution in [0.25, 0.3) is 0 Å². The molecule has 0 fully saturated rings. The number of carbonyl (C=O) groups is 2. The molecular formula is C43H86N2O6. The van der Waals surface area contributed by atoms with Crippen molar-refractivity contribution in [2.45, 2.75) is 208 Å². The van der Waals surface area contributed by atoms with E-state index in [1.807, 2.05) is 0 Å². The van der Waals surface area contributed by atoms with Crippen LogP contribution >= 0.6 is 0 Å². The summed E-state index contributed by atoms with van der Waals surface area (Å²) in [7, 11) is 0. The summed E-state index contributed by atoms with van der Waals surface area (Å²) in [4.78, 5) is 30.0. The van der Waals surface area contributed by atoms with Crippen LogP contribution in [0.2, 0.25) is 0 Å². The van der Waals surface area contributed by atoms with E-state index in [0.29, 0.717) is 25.6 Å². The predicted octanol–water partition coefficient (Wildman–Crippen LogP) is 11.1. The van der Waals surface area contributed by atoms with Crippen molar-refractivity contribution in [2.75, 3.05) is 52.5 Å². The lowest BCUT2D eigenvalue weighted by Gasteiger charge is -2.29. The van der Waals surface area contributed by atoms with E-state index in [-0.39, 0.29) is 31.3 Å². The van der Waals surface area contributed by atoms with Gasteiger partial charge in [0.15, 0.2) is 0 Å². The number of esters is 1. The summed E-state index contributed by atoms with van der Waals surface area (Å²) in [6.07, 6.45) is 27.7. The molecule has 51 heavy (non-hydrogen) atoms. The second kappa shape index (κ2) is 37.0. The molecule has 304 valence electrons. The molecule has 0 spiro atoms. The highest BCUT2D eigenvalue weighted by atomic mass is 16.7. The van der Waals surface area contributed by atoms with E-state index in [1.165, 1.54) is 103 Å². The molecule has 0 heterocycles. The van der Waals surface area contributed by atoms with E-state index in [9.17, 15) is 9.59 Å². The van der Waals surface area contributed by atoms with Gasteiger partial charge in [0, 0.05) is 32.3 Å². The maximum absolute atomic E-state index is 13.0. The van der Waals surface area contributed by atoms with Gasteiger partial charge in [0.05, 0.1) is 13.2 Å². The zero-order chi connectivity index (χ0) is 37.8. The molecule has 0 aliphatic heterocycles. The topological polar surface area (TPSA) is 88.5 Å². The number of aliphatic hydroxyl groups is 1. The first-order chi connectivity index (χ1) is 24.8. The lowest BCUT2D eigenvalue weighted by Crippen LogP contribution is -2.42. The number of likely N-dealkylation sites (N-methyl/N-ethyl adjacent to an activating group) is 1. The van der Waals surface area contributed by atoms with E-state index in [2.05, 4.69) is 51.3 Å². The van der Waals surface area contributed by atoms with Crippen molar-refractivity contribution in [2.24, 2.45) is 5.92 Å². The molecule has 2 atom stereocenters. The van der Waals surface area contributed by atoms with Crippen molar-refractivity contribution in [1.82, 2.24) is 9.80 Å². The highest BCUT2D eigenvalue weighted by molar-refractivity contribution is 5.71. The molecule has 0 aliphatic rings. The Morgan fingerprint density at radius 3 is 1.59 bits per heavy atom. The highest BCUT2D eigenvalue weighted by Gasteiger charge is 2.19. The Morgan fingerprint density at radius 2 is 1.08 bits per heavy atom. The van der Waals surface area contributed by atoms with E-state index < -0.39 is 6.16 Å². The van der Waals surface area contributed by atoms with Gasteiger partial charge in [-0.25, -0.2) is 4.79 Å². The Hall–Kier alpha value is -1.38. The van der Waals surface area contributed by atoms with Crippen LogP contribution in [0.15, 0.2) is 0 Å². The maximum atomic E-state index is 13.0. The van der Waals surface area contributed by atoms with Crippen molar-refractivity contribution in [3.8, 4) is 0 Å². The average Bonchev–Trinajstić information content (AvgIpc) is 3.11. The Balaban J connectivity index is 4.71. The summed E-state index contributed by atoms with van der Waals surface area (Å²) in [6, 6.07) is 0.277. The molecule has 1 N–H and O–H groups in total. The Kier molecular flexibility index (Phi) is 36.0. The van der Waals surface area contributed by atoms with Crippen LogP contribution in [0.1, 0.15) is 196 Å². The van der Waals surface area contributed by atoms with Gasteiger partial charge in [0.1, 0.15) is 12.7 Å². The van der Waals surface area contributed by atoms with Gasteiger partial charge in [-0.05, 0) is 71.3 Å². The van der Waals surface area contributed by atoms with Crippen molar-refractivity contribution in [3.05, 3.63) is 0 Å². The van der Waals surface area contributed by atoms with Gasteiger partial charge in [-0.1, -0.05) is 137 Å². The van der Waals surface area contributed by atoms with Gasteiger partial charge < -0.3 is 19.3 Å². The maximum Gasteiger partial charge on any atom is 0.508 e. The fourth-order valence-corrected chi connectivity index (χ4v) is 6.74. The van der Waals surface area contributed by atoms with E-state index in [1.54, 1.807) is 0 Å². The fourth-order valence-electron chi connectivity index (χ4n) is 6.74. The quantitative estimate of drug-likeness (QED) is 0.0497. The summed E-state index contributed by atoms with van der Waals surface area (Å²) in [5, 5.41) is 9.15. The lowest BCUT2D eigenvalue weighted by molar-refractivity contribution is -0.146. The minimum atomic E-state index is -0.599. The molecule has 8 nitrogen and oxygen atoms in total. The van der Waals surface area contributed by atoms with Gasteiger partial charge in [0.25, 0.3) is 0 Å². The number of nitrogens with zero attached hydrogens (tertiary/aromatic N) is 2. The van der Waals surface area contributed by atoms with Crippen LogP contribution in [0, 0.1) is 5.92 Å². The molecule has 0 aromatic rings. The zero-order valence-corrected chi connectivity index (χ0v) is 34.7. The molecule has 0 bridgehead atoms. The summed E-state index contributed by atoms with van der Waals surface area (Å²) in [5.41, 5.74) is 0. The molecule has 0 saturated carbocycles. The number of carbonyl (C=O) groups excluding carboxylic acids is 2. The number of hydrogen-bond acceptors (Lipinski definition) is 8. The van der Waals surface area contributed by atoms with Crippen LogP contribution in [-0.2, 0) is 19.0 Å². The van der Waals surface area contributed by atoms with E-state index >= 15 is 0 Å². The second-order valence-electron chi connectivity index (χ2n) is 15.3. The van der Waals surface area contributed by atoms with Gasteiger partial charge >= 0.3 is 12.1 Å². The molecule has 2 unspecified atom stereocenters. The van der Waals surface area contributed by atoms with Crippen molar-refractivity contribution in [1.29, 1.82) is 0 Å². The number of unbranched alkanes of at least 4 members (excludes halogenated alkanes) is 16. The smallest absolute Gasteiger partial charge is 0.464 e. The second-order valence-corrected chi connectivity index (χ2v) is 15.3. The number of rotatable bonds is 38. The van der Waals surface area contributed by atoms with Crippen LogP contribution in [0.4, 0.5) is 4.79 Å². The van der Waals surface area contributed by atoms with Gasteiger partial charge in [-0.15, -0.1) is 0 Å². The van der Waals surface area contributed by atoms with E-state index in [4.69, 9.17) is 19.3 Å². The van der Waals surface area contributed by atoms with Crippen molar-refractivity contribution < 1.29 is 28.9 Å². The minimum absolute atomic E-state index is 0.119. The van der Waals surface area contributed by atoms with Crippen LogP contribution in [0.5, 0.6) is 0 Å². The summed E-state index contributed by atoms with van der Waals surface area (Å²) in [5.74, 6) is 0.349. The van der Waals surface area contributed by atoms with Gasteiger partial charge in [-0.3, -0.25) is 14.6 Å². The molecule has 0 aromatic carbocycles. The Bertz CT molecular complexity index is 767. The molecule has 0 saturated heterocycles. The fraction of sp³-hybridized carbons (Fsp3) is 0.953. The monoisotopic (exact) mass is 727 g/mol. The third-order valence-electron chi connectivity index (χ3n) is 10.3. The van der Waals surface area contributed by atoms with Crippen molar-refractivity contribution in [3.63, 3.8) is 0 Å². The van der Waals surface area contributed by atoms with Crippen molar-refractivity contribution >= 4 is 12.1 Å². The molecule has 0 amide bonds. The van der Waals surface area contributed by atoms with E-state index in [0.717, 1.165) is 71.0 Å². The molecule has 0 aromatic heterocycles. The van der Waals surface area contributed by atoms with Gasteiger partial charge in [0.2, 0.25) is 0 Å². The third kappa shape index (κ3) is 31.8. The molecular weight excluding hydrogens is 640 g/mol. The Morgan fingerprint density at radius 1 is 0.588 bits per heavy atom. The largest absolute Gasteiger partial charge is 0.508 e. The number of ether oxygens (including phenoxy) is 3. The predicted molar refractivity (Wildman–Crippen MR) is 214 cm³/mol. The number of hydrogen-bond donors (Lipinski definition) is 1. The van der Waals surface area contributed by atoms with Crippen LogP contribution < -0.4 is 0 Å². The number of aliphatic hydroxyl groups excluding tert-OH is 1. The molecule has 8 heteroatoms. The molecule has 0 radical (unpaired) electrons. The van der Waals surface area contributed by atoms with Crippen LogP contribution in [-0.4, -0.2) is 91.7 Å². The van der Waals surface area contributed by atoms with Crippen LogP contribution in [0.3, 0.4) is 0 Å². The summed E-state index contributed by atoms with van der Waals surface area (Å²) >= 11 is 0.